The highest BCUT2D eigenvalue weighted by atomic mass is 19.4. The molecule has 1 atom stereocenters. The van der Waals surface area contributed by atoms with Gasteiger partial charge in [-0.1, -0.05) is 61.4 Å². The maximum atomic E-state index is 14.8. The van der Waals surface area contributed by atoms with Crippen molar-refractivity contribution in [2.45, 2.75) is 50.9 Å². The lowest BCUT2D eigenvalue weighted by Gasteiger charge is -2.31. The largest absolute Gasteiger partial charge is 0.433 e. The van der Waals surface area contributed by atoms with Crippen LogP contribution in [0.5, 0.6) is 0 Å². The first-order valence-electron chi connectivity index (χ1n) is 13.1. The Morgan fingerprint density at radius 3 is 2.40 bits per heavy atom. The summed E-state index contributed by atoms with van der Waals surface area (Å²) in [4.78, 5) is 16.6. The third-order valence-corrected chi connectivity index (χ3v) is 7.06. The van der Waals surface area contributed by atoms with Crippen molar-refractivity contribution in [1.29, 1.82) is 0 Å². The number of allylic oxidation sites excluding steroid dienone is 1. The minimum Gasteiger partial charge on any atom is -0.326 e. The number of alkyl halides is 3. The van der Waals surface area contributed by atoms with E-state index in [1.54, 1.807) is 18.2 Å². The standard InChI is InChI=1S/C31H32F4N4O/c1-20(16-28(31(33,34)35)38-25-9-5-6-22(17-25)19-36)29(40)39-27-18-24(12-13-26(27)32)30(37,15-14-21-10-11-21)23-7-3-2-4-8-23/h2-9,12-13,16-18,21H,10-11,14-15,19,36-37H2,1H3,(H,39,40)/b20-16+,38-28?. The number of carbonyl (C=O) groups excluding carboxylic acids is 1. The number of hydrogen-bond acceptors (Lipinski definition) is 4. The van der Waals surface area contributed by atoms with Crippen LogP contribution in [0.15, 0.2) is 89.4 Å². The van der Waals surface area contributed by atoms with Gasteiger partial charge in [-0.15, -0.1) is 0 Å². The summed E-state index contributed by atoms with van der Waals surface area (Å²) in [6, 6.07) is 19.7. The van der Waals surface area contributed by atoms with Crippen LogP contribution in [0.2, 0.25) is 0 Å². The highest BCUT2D eigenvalue weighted by Gasteiger charge is 2.35. The molecule has 1 saturated carbocycles. The molecule has 210 valence electrons. The second kappa shape index (κ2) is 12.1. The van der Waals surface area contributed by atoms with E-state index in [-0.39, 0.29) is 23.5 Å². The van der Waals surface area contributed by atoms with Crippen molar-refractivity contribution in [3.63, 3.8) is 0 Å². The Balaban J connectivity index is 1.62. The Morgan fingerprint density at radius 1 is 1.02 bits per heavy atom. The molecule has 0 heterocycles. The van der Waals surface area contributed by atoms with Gasteiger partial charge in [-0.3, -0.25) is 4.79 Å². The Labute approximate surface area is 231 Å². The van der Waals surface area contributed by atoms with E-state index in [0.29, 0.717) is 29.5 Å². The van der Waals surface area contributed by atoms with Gasteiger partial charge in [0.15, 0.2) is 0 Å². The molecule has 0 bridgehead atoms. The topological polar surface area (TPSA) is 93.5 Å². The molecule has 1 fully saturated rings. The number of rotatable bonds is 10. The summed E-state index contributed by atoms with van der Waals surface area (Å²) in [7, 11) is 0. The van der Waals surface area contributed by atoms with Crippen molar-refractivity contribution in [3.8, 4) is 0 Å². The first-order valence-corrected chi connectivity index (χ1v) is 13.1. The van der Waals surface area contributed by atoms with Crippen LogP contribution < -0.4 is 16.8 Å². The summed E-state index contributed by atoms with van der Waals surface area (Å²) in [6.45, 7) is 1.35. The lowest BCUT2D eigenvalue weighted by Crippen LogP contribution is -2.38. The minimum absolute atomic E-state index is 0.0462. The molecule has 1 unspecified atom stereocenters. The summed E-state index contributed by atoms with van der Waals surface area (Å²) in [5, 5.41) is 2.41. The number of nitrogens with two attached hydrogens (primary N) is 2. The van der Waals surface area contributed by atoms with E-state index < -0.39 is 29.2 Å². The van der Waals surface area contributed by atoms with Crippen LogP contribution in [0.4, 0.5) is 28.9 Å². The van der Waals surface area contributed by atoms with Gasteiger partial charge in [0.05, 0.1) is 16.9 Å². The first kappa shape index (κ1) is 29.2. The third-order valence-electron chi connectivity index (χ3n) is 7.06. The predicted octanol–water partition coefficient (Wildman–Crippen LogP) is 6.90. The van der Waals surface area contributed by atoms with Crippen molar-refractivity contribution < 1.29 is 22.4 Å². The average Bonchev–Trinajstić information content (AvgIpc) is 3.77. The van der Waals surface area contributed by atoms with Gasteiger partial charge in [0.1, 0.15) is 11.5 Å². The van der Waals surface area contributed by atoms with Crippen LogP contribution in [0.25, 0.3) is 0 Å². The maximum Gasteiger partial charge on any atom is 0.433 e. The number of aliphatic imine (C=N–C) groups is 1. The lowest BCUT2D eigenvalue weighted by atomic mass is 9.79. The van der Waals surface area contributed by atoms with Crippen molar-refractivity contribution in [3.05, 3.63) is 107 Å². The summed E-state index contributed by atoms with van der Waals surface area (Å²) < 4.78 is 56.2. The fraction of sp³-hybridized carbons (Fsp3) is 0.290. The molecule has 5 N–H and O–H groups in total. The average molecular weight is 553 g/mol. The molecule has 0 radical (unpaired) electrons. The van der Waals surface area contributed by atoms with E-state index in [2.05, 4.69) is 10.3 Å². The Hall–Kier alpha value is -3.82. The third kappa shape index (κ3) is 7.22. The molecule has 9 heteroatoms. The Kier molecular flexibility index (Phi) is 8.85. The summed E-state index contributed by atoms with van der Waals surface area (Å²) in [6.07, 6.45) is -0.358. The molecule has 0 aliphatic heterocycles. The molecule has 0 saturated heterocycles. The van der Waals surface area contributed by atoms with Gasteiger partial charge in [-0.2, -0.15) is 13.2 Å². The fourth-order valence-corrected chi connectivity index (χ4v) is 4.49. The van der Waals surface area contributed by atoms with Crippen molar-refractivity contribution >= 4 is 23.0 Å². The van der Waals surface area contributed by atoms with Crippen LogP contribution in [0, 0.1) is 11.7 Å². The van der Waals surface area contributed by atoms with E-state index >= 15 is 0 Å². The van der Waals surface area contributed by atoms with E-state index in [9.17, 15) is 22.4 Å². The van der Waals surface area contributed by atoms with Crippen LogP contribution in [-0.2, 0) is 16.9 Å². The SMILES string of the molecule is C/C(=C\C(=Nc1cccc(CN)c1)C(F)(F)F)C(=O)Nc1cc(C(N)(CCC2CC2)c2ccccc2)ccc1F. The molecule has 1 aliphatic rings. The molecule has 3 aromatic rings. The molecule has 0 aromatic heterocycles. The molecular formula is C31H32F4N4O. The number of nitrogens with one attached hydrogen (secondary N) is 1. The molecule has 40 heavy (non-hydrogen) atoms. The fourth-order valence-electron chi connectivity index (χ4n) is 4.49. The van der Waals surface area contributed by atoms with Crippen LogP contribution in [0.1, 0.15) is 49.3 Å². The second-order valence-corrected chi connectivity index (χ2v) is 10.2. The summed E-state index contributed by atoms with van der Waals surface area (Å²) in [5.74, 6) is -1.02. The molecule has 5 nitrogen and oxygen atoms in total. The number of carbonyl (C=O) groups is 1. The first-order chi connectivity index (χ1) is 19.0. The van der Waals surface area contributed by atoms with Crippen molar-refractivity contribution in [1.82, 2.24) is 0 Å². The maximum absolute atomic E-state index is 14.8. The molecule has 3 aromatic carbocycles. The lowest BCUT2D eigenvalue weighted by molar-refractivity contribution is -0.112. The van der Waals surface area contributed by atoms with E-state index in [4.69, 9.17) is 11.5 Å². The van der Waals surface area contributed by atoms with Crippen LogP contribution in [0.3, 0.4) is 0 Å². The van der Waals surface area contributed by atoms with Gasteiger partial charge in [0.2, 0.25) is 0 Å². The Bertz CT molecular complexity index is 1410. The number of halogens is 4. The summed E-state index contributed by atoms with van der Waals surface area (Å²) in [5.41, 5.74) is 11.9. The number of amides is 1. The zero-order valence-electron chi connectivity index (χ0n) is 22.1. The van der Waals surface area contributed by atoms with Crippen LogP contribution >= 0.6 is 0 Å². The molecular weight excluding hydrogens is 520 g/mol. The van der Waals surface area contributed by atoms with Gasteiger partial charge in [-0.25, -0.2) is 9.38 Å². The monoisotopic (exact) mass is 552 g/mol. The van der Waals surface area contributed by atoms with E-state index in [1.165, 1.54) is 31.2 Å². The van der Waals surface area contributed by atoms with Crippen molar-refractivity contribution in [2.24, 2.45) is 22.4 Å². The summed E-state index contributed by atoms with van der Waals surface area (Å²) >= 11 is 0. The van der Waals surface area contributed by atoms with Gasteiger partial charge in [0.25, 0.3) is 5.91 Å². The molecule has 0 spiro atoms. The minimum atomic E-state index is -4.83. The molecule has 1 amide bonds. The molecule has 1 aliphatic carbocycles. The zero-order chi connectivity index (χ0) is 28.9. The highest BCUT2D eigenvalue weighted by molar-refractivity contribution is 6.10. The van der Waals surface area contributed by atoms with Gasteiger partial charge < -0.3 is 16.8 Å². The van der Waals surface area contributed by atoms with Crippen molar-refractivity contribution in [2.75, 3.05) is 5.32 Å². The van der Waals surface area contributed by atoms with Gasteiger partial charge in [-0.05, 0) is 72.7 Å². The number of benzene rings is 3. The van der Waals surface area contributed by atoms with E-state index in [1.807, 2.05) is 30.3 Å². The van der Waals surface area contributed by atoms with E-state index in [0.717, 1.165) is 24.8 Å². The smallest absolute Gasteiger partial charge is 0.326 e. The van der Waals surface area contributed by atoms with Crippen LogP contribution in [-0.4, -0.2) is 17.8 Å². The second-order valence-electron chi connectivity index (χ2n) is 10.2. The normalized spacial score (nSPS) is 16.0. The number of hydrogen-bond donors (Lipinski definition) is 3. The number of nitrogens with zero attached hydrogens (tertiary/aromatic N) is 1. The number of anilines is 1. The predicted molar refractivity (Wildman–Crippen MR) is 150 cm³/mol. The molecule has 4 rings (SSSR count). The van der Waals surface area contributed by atoms with Gasteiger partial charge in [0, 0.05) is 12.1 Å². The highest BCUT2D eigenvalue weighted by Crippen LogP contribution is 2.40. The quantitative estimate of drug-likeness (QED) is 0.145. The Morgan fingerprint density at radius 2 is 1.75 bits per heavy atom. The zero-order valence-corrected chi connectivity index (χ0v) is 22.1. The van der Waals surface area contributed by atoms with Gasteiger partial charge >= 0.3 is 6.18 Å².